The zero-order valence-electron chi connectivity index (χ0n) is 15.2. The van der Waals surface area contributed by atoms with Gasteiger partial charge in [-0.05, 0) is 6.07 Å². The molecule has 0 saturated carbocycles. The quantitative estimate of drug-likeness (QED) is 0.361. The van der Waals surface area contributed by atoms with E-state index in [9.17, 15) is 20.0 Å². The molecule has 0 fully saturated rings. The van der Waals surface area contributed by atoms with E-state index in [-0.39, 0.29) is 17.7 Å². The number of benzene rings is 2. The first kappa shape index (κ1) is 20.0. The molecule has 0 aliphatic rings. The normalized spacial score (nSPS) is 10.8. The number of nitrogens with zero attached hydrogens (tertiary/aromatic N) is 3. The summed E-state index contributed by atoms with van der Waals surface area (Å²) in [6.07, 6.45) is 1.24. The number of aromatic nitrogens is 1. The molecule has 0 saturated heterocycles. The van der Waals surface area contributed by atoms with Gasteiger partial charge >= 0.3 is 0 Å². The van der Waals surface area contributed by atoms with Crippen LogP contribution in [0.25, 0.3) is 11.3 Å². The predicted molar refractivity (Wildman–Crippen MR) is 106 cm³/mol. The van der Waals surface area contributed by atoms with Crippen molar-refractivity contribution < 1.29 is 19.6 Å². The Labute approximate surface area is 169 Å². The molecule has 1 amide bonds. The van der Waals surface area contributed by atoms with Crippen LogP contribution in [0.4, 0.5) is 5.69 Å². The van der Waals surface area contributed by atoms with Gasteiger partial charge in [0.1, 0.15) is 10.8 Å². The molecule has 0 unspecified atom stereocenters. The summed E-state index contributed by atoms with van der Waals surface area (Å²) in [5, 5.41) is 29.0. The van der Waals surface area contributed by atoms with Gasteiger partial charge in [0, 0.05) is 28.3 Å². The molecule has 0 aliphatic heterocycles. The summed E-state index contributed by atoms with van der Waals surface area (Å²) < 4.78 is 4.85. The maximum Gasteiger partial charge on any atom is 0.266 e. The van der Waals surface area contributed by atoms with Gasteiger partial charge in [-0.2, -0.15) is 5.10 Å². The number of ether oxygens (including phenoxy) is 1. The van der Waals surface area contributed by atoms with E-state index in [0.717, 1.165) is 17.3 Å². The molecule has 2 aromatic carbocycles. The van der Waals surface area contributed by atoms with Crippen molar-refractivity contribution in [2.45, 2.75) is 6.42 Å². The summed E-state index contributed by atoms with van der Waals surface area (Å²) in [4.78, 5) is 26.7. The molecule has 148 valence electrons. The number of hydrogen-bond acceptors (Lipinski definition) is 8. The number of methoxy groups -OCH3 is 1. The fourth-order valence-electron chi connectivity index (χ4n) is 2.46. The minimum Gasteiger partial charge on any atom is -0.865 e. The Morgan fingerprint density at radius 2 is 2.10 bits per heavy atom. The number of amides is 1. The lowest BCUT2D eigenvalue weighted by Gasteiger charge is -2.12. The Kier molecular flexibility index (Phi) is 6.15. The number of rotatable bonds is 7. The highest BCUT2D eigenvalue weighted by molar-refractivity contribution is 7.10. The lowest BCUT2D eigenvalue weighted by atomic mass is 10.2. The average molecular weight is 411 g/mol. The van der Waals surface area contributed by atoms with Crippen LogP contribution in [-0.2, 0) is 11.2 Å². The van der Waals surface area contributed by atoms with E-state index in [0.29, 0.717) is 5.01 Å². The number of nitro benzene ring substituents is 1. The van der Waals surface area contributed by atoms with Crippen LogP contribution in [0.2, 0.25) is 0 Å². The molecule has 0 atom stereocenters. The standard InChI is InChI=1S/C19H16N4O5S/c1-28-16-8-12(7-15(19(16)25)23(26)27)10-20-22-17(24)9-18-21-14(11-29-18)13-5-3-2-4-6-13/h2-8,10-11,25H,9H2,1H3,(H,22,24)/p-1/b20-10-. The van der Waals surface area contributed by atoms with Gasteiger partial charge in [-0.3, -0.25) is 14.9 Å². The minimum absolute atomic E-state index is 0.0395. The van der Waals surface area contributed by atoms with E-state index >= 15 is 0 Å². The van der Waals surface area contributed by atoms with Crippen molar-refractivity contribution in [2.75, 3.05) is 7.11 Å². The Hall–Kier alpha value is -3.79. The van der Waals surface area contributed by atoms with E-state index in [1.54, 1.807) is 0 Å². The Morgan fingerprint density at radius 1 is 1.34 bits per heavy atom. The Balaban J connectivity index is 1.64. The third kappa shape index (κ3) is 4.93. The maximum atomic E-state index is 12.1. The van der Waals surface area contributed by atoms with Gasteiger partial charge < -0.3 is 9.84 Å². The topological polar surface area (TPSA) is 130 Å². The highest BCUT2D eigenvalue weighted by atomic mass is 32.1. The van der Waals surface area contributed by atoms with Crippen molar-refractivity contribution >= 4 is 29.1 Å². The van der Waals surface area contributed by atoms with Crippen molar-refractivity contribution in [2.24, 2.45) is 5.10 Å². The van der Waals surface area contributed by atoms with E-state index in [2.05, 4.69) is 15.5 Å². The van der Waals surface area contributed by atoms with Gasteiger partial charge in [-0.15, -0.1) is 11.3 Å². The summed E-state index contributed by atoms with van der Waals surface area (Å²) in [5.41, 5.74) is 3.71. The molecule has 10 heteroatoms. The summed E-state index contributed by atoms with van der Waals surface area (Å²) in [7, 11) is 1.24. The fraction of sp³-hybridized carbons (Fsp3) is 0.105. The average Bonchev–Trinajstić information content (AvgIpc) is 3.17. The SMILES string of the molecule is COc1cc(/C=N\NC(=O)Cc2nc(-c3ccccc3)cs2)cc([N+](=O)[O-])c1[O-]. The smallest absolute Gasteiger partial charge is 0.266 e. The molecule has 0 aliphatic carbocycles. The van der Waals surface area contributed by atoms with Gasteiger partial charge in [0.15, 0.2) is 0 Å². The molecule has 3 aromatic rings. The summed E-state index contributed by atoms with van der Waals surface area (Å²) in [5.74, 6) is -1.39. The maximum absolute atomic E-state index is 12.1. The molecule has 0 spiro atoms. The van der Waals surface area contributed by atoms with Crippen molar-refractivity contribution in [3.05, 3.63) is 68.5 Å². The molecule has 1 heterocycles. The molecule has 0 radical (unpaired) electrons. The Bertz CT molecular complexity index is 1070. The summed E-state index contributed by atoms with van der Waals surface area (Å²) in [6.45, 7) is 0. The second-order valence-electron chi connectivity index (χ2n) is 5.79. The zero-order chi connectivity index (χ0) is 20.8. The highest BCUT2D eigenvalue weighted by Gasteiger charge is 2.13. The van der Waals surface area contributed by atoms with Gasteiger partial charge in [0.2, 0.25) is 5.91 Å². The van der Waals surface area contributed by atoms with E-state index < -0.39 is 22.3 Å². The number of nitrogens with one attached hydrogen (secondary N) is 1. The van der Waals surface area contributed by atoms with Crippen LogP contribution < -0.4 is 15.3 Å². The molecule has 1 aromatic heterocycles. The zero-order valence-corrected chi connectivity index (χ0v) is 16.0. The first-order chi connectivity index (χ1) is 14.0. The molecule has 29 heavy (non-hydrogen) atoms. The number of thiazole rings is 1. The van der Waals surface area contributed by atoms with Crippen molar-refractivity contribution in [3.8, 4) is 22.8 Å². The van der Waals surface area contributed by atoms with Gasteiger partial charge in [-0.1, -0.05) is 30.3 Å². The van der Waals surface area contributed by atoms with Gasteiger partial charge in [0.25, 0.3) is 5.69 Å². The molecule has 0 bridgehead atoms. The number of nitro groups is 1. The van der Waals surface area contributed by atoms with Crippen molar-refractivity contribution in [1.29, 1.82) is 0 Å². The molecular formula is C19H15N4O5S-. The van der Waals surface area contributed by atoms with Crippen molar-refractivity contribution in [1.82, 2.24) is 10.4 Å². The Morgan fingerprint density at radius 3 is 2.79 bits per heavy atom. The van der Waals surface area contributed by atoms with Crippen LogP contribution in [-0.4, -0.2) is 29.1 Å². The van der Waals surface area contributed by atoms with E-state index in [1.165, 1.54) is 30.7 Å². The summed E-state index contributed by atoms with van der Waals surface area (Å²) in [6, 6.07) is 12.0. The van der Waals surface area contributed by atoms with Crippen LogP contribution in [0.5, 0.6) is 11.5 Å². The predicted octanol–water partition coefficient (Wildman–Crippen LogP) is 2.49. The lowest BCUT2D eigenvalue weighted by molar-refractivity contribution is -0.398. The number of carbonyl (C=O) groups excluding carboxylic acids is 1. The summed E-state index contributed by atoms with van der Waals surface area (Å²) >= 11 is 1.36. The van der Waals surface area contributed by atoms with Crippen LogP contribution in [0.3, 0.4) is 0 Å². The lowest BCUT2D eigenvalue weighted by Crippen LogP contribution is -2.19. The highest BCUT2D eigenvalue weighted by Crippen LogP contribution is 2.33. The van der Waals surface area contributed by atoms with Crippen LogP contribution in [0.1, 0.15) is 10.6 Å². The van der Waals surface area contributed by atoms with E-state index in [1.807, 2.05) is 35.7 Å². The minimum atomic E-state index is -0.823. The first-order valence-corrected chi connectivity index (χ1v) is 9.21. The molecule has 3 rings (SSSR count). The second-order valence-corrected chi connectivity index (χ2v) is 6.73. The van der Waals surface area contributed by atoms with Crippen LogP contribution in [0, 0.1) is 10.1 Å². The van der Waals surface area contributed by atoms with Crippen LogP contribution >= 0.6 is 11.3 Å². The number of carbonyl (C=O) groups is 1. The third-order valence-electron chi connectivity index (χ3n) is 3.81. The van der Waals surface area contributed by atoms with Gasteiger partial charge in [0.05, 0.1) is 30.4 Å². The fourth-order valence-corrected chi connectivity index (χ4v) is 3.26. The third-order valence-corrected chi connectivity index (χ3v) is 4.66. The second kappa shape index (κ2) is 8.93. The van der Waals surface area contributed by atoms with Crippen LogP contribution in [0.15, 0.2) is 52.9 Å². The molecule has 9 nitrogen and oxygen atoms in total. The first-order valence-electron chi connectivity index (χ1n) is 8.33. The number of hydrazone groups is 1. The van der Waals surface area contributed by atoms with E-state index in [4.69, 9.17) is 4.74 Å². The molecule has 1 N–H and O–H groups in total. The van der Waals surface area contributed by atoms with Gasteiger partial charge in [-0.25, -0.2) is 10.4 Å². The monoisotopic (exact) mass is 411 g/mol. The largest absolute Gasteiger partial charge is 0.865 e. The van der Waals surface area contributed by atoms with Crippen molar-refractivity contribution in [3.63, 3.8) is 0 Å². The number of hydrogen-bond donors (Lipinski definition) is 1. The molecular weight excluding hydrogens is 396 g/mol.